The third-order valence-corrected chi connectivity index (χ3v) is 7.11. The van der Waals surface area contributed by atoms with Gasteiger partial charge in [-0.2, -0.15) is 15.4 Å². The number of benzene rings is 3. The van der Waals surface area contributed by atoms with Crippen LogP contribution >= 0.6 is 0 Å². The van der Waals surface area contributed by atoms with Gasteiger partial charge in [0, 0.05) is 11.3 Å². The maximum absolute atomic E-state index is 13.8. The summed E-state index contributed by atoms with van der Waals surface area (Å²) in [4.78, 5) is 28.3. The van der Waals surface area contributed by atoms with Crippen LogP contribution in [0.15, 0.2) is 79.0 Å². The number of anilines is 1. The predicted octanol–water partition coefficient (Wildman–Crippen LogP) is 4.09. The van der Waals surface area contributed by atoms with Crippen LogP contribution in [0, 0.1) is 5.92 Å². The summed E-state index contributed by atoms with van der Waals surface area (Å²) in [5.41, 5.74) is 12.9. The Hall–Kier alpha value is -4.30. The minimum atomic E-state index is -0.658. The highest BCUT2D eigenvalue weighted by atomic mass is 16.2. The van der Waals surface area contributed by atoms with Gasteiger partial charge in [0.25, 0.3) is 0 Å². The summed E-state index contributed by atoms with van der Waals surface area (Å²) in [5, 5.41) is 13.8. The molecular formula is C30H32N6O2. The van der Waals surface area contributed by atoms with Crippen LogP contribution < -0.4 is 16.0 Å². The van der Waals surface area contributed by atoms with Gasteiger partial charge in [0.2, 0.25) is 11.8 Å². The fraction of sp³-hybridized carbons (Fsp3) is 0.267. The van der Waals surface area contributed by atoms with Crippen molar-refractivity contribution in [2.45, 2.75) is 45.3 Å². The molecule has 2 heterocycles. The number of amides is 2. The van der Waals surface area contributed by atoms with Crippen molar-refractivity contribution in [3.63, 3.8) is 0 Å². The van der Waals surface area contributed by atoms with Crippen molar-refractivity contribution >= 4 is 17.5 Å². The topological polar surface area (TPSA) is 117 Å². The number of fused-ring (bicyclic) bond motifs is 1. The van der Waals surface area contributed by atoms with Crippen molar-refractivity contribution in [3.8, 4) is 22.4 Å². The van der Waals surface area contributed by atoms with Crippen molar-refractivity contribution in [1.82, 2.24) is 20.7 Å². The average molecular weight is 509 g/mol. The van der Waals surface area contributed by atoms with Crippen LogP contribution in [0.2, 0.25) is 0 Å². The number of H-pyrrole nitrogens is 1. The van der Waals surface area contributed by atoms with Crippen molar-refractivity contribution in [2.75, 3.05) is 4.90 Å². The van der Waals surface area contributed by atoms with Gasteiger partial charge < -0.3 is 16.0 Å². The van der Waals surface area contributed by atoms with Gasteiger partial charge in [-0.3, -0.25) is 9.59 Å². The molecule has 8 nitrogen and oxygen atoms in total. The van der Waals surface area contributed by atoms with E-state index in [4.69, 9.17) is 5.73 Å². The highest BCUT2D eigenvalue weighted by Gasteiger charge is 2.32. The number of para-hydroxylation sites is 1. The molecule has 1 unspecified atom stereocenters. The van der Waals surface area contributed by atoms with Crippen LogP contribution in [0.1, 0.15) is 31.4 Å². The van der Waals surface area contributed by atoms with Crippen LogP contribution in [0.3, 0.4) is 0 Å². The summed E-state index contributed by atoms with van der Waals surface area (Å²) >= 11 is 0. The van der Waals surface area contributed by atoms with Gasteiger partial charge in [0.05, 0.1) is 18.8 Å². The average Bonchev–Trinajstić information content (AvgIpc) is 3.45. The molecule has 8 heteroatoms. The smallest absolute Gasteiger partial charge is 0.249 e. The van der Waals surface area contributed by atoms with Gasteiger partial charge in [0.1, 0.15) is 11.7 Å². The van der Waals surface area contributed by atoms with Crippen LogP contribution in [0.5, 0.6) is 0 Å². The van der Waals surface area contributed by atoms with Crippen molar-refractivity contribution in [3.05, 3.63) is 90.1 Å². The molecule has 0 radical (unpaired) electrons. The summed E-state index contributed by atoms with van der Waals surface area (Å²) in [6.45, 7) is 4.19. The standard InChI is InChI=1S/C30H32N6O2/c1-19(2)28(31)29(37)33-25-16-15-22-7-3-6-10-27(22)36(30(25)38)18-20-11-13-21(14-12-20)23-8-4-5-9-24(23)26-17-32-35-34-26/h3-14,17,19,25,28H,15-16,18,31H2,1-2H3,(H,33,37)(H,32,34,35)/t25-,28?/m1/s1. The Morgan fingerprint density at radius 1 is 1.05 bits per heavy atom. The van der Waals surface area contributed by atoms with Gasteiger partial charge in [-0.25, -0.2) is 0 Å². The van der Waals surface area contributed by atoms with Gasteiger partial charge >= 0.3 is 0 Å². The van der Waals surface area contributed by atoms with Crippen molar-refractivity contribution in [1.29, 1.82) is 0 Å². The first-order chi connectivity index (χ1) is 18.4. The molecule has 1 aliphatic heterocycles. The summed E-state index contributed by atoms with van der Waals surface area (Å²) in [6.07, 6.45) is 2.93. The molecule has 4 aromatic rings. The molecule has 2 amide bonds. The first kappa shape index (κ1) is 25.4. The quantitative estimate of drug-likeness (QED) is 0.348. The molecule has 5 rings (SSSR count). The van der Waals surface area contributed by atoms with E-state index >= 15 is 0 Å². The Morgan fingerprint density at radius 3 is 2.47 bits per heavy atom. The molecule has 0 saturated carbocycles. The lowest BCUT2D eigenvalue weighted by atomic mass is 9.97. The number of aryl methyl sites for hydroxylation is 1. The Morgan fingerprint density at radius 2 is 1.76 bits per heavy atom. The number of rotatable bonds is 7. The number of nitrogens with one attached hydrogen (secondary N) is 2. The molecule has 2 atom stereocenters. The van der Waals surface area contributed by atoms with E-state index in [0.717, 1.165) is 39.2 Å². The SMILES string of the molecule is CC(C)C(N)C(=O)N[C@@H]1CCc2ccccc2N(Cc2ccc(-c3ccccc3-c3cn[nH]n3)cc2)C1=O. The number of hydrogen-bond donors (Lipinski definition) is 3. The zero-order valence-electron chi connectivity index (χ0n) is 21.6. The van der Waals surface area contributed by atoms with Crippen LogP contribution in [0.25, 0.3) is 22.4 Å². The molecule has 4 N–H and O–H groups in total. The minimum Gasteiger partial charge on any atom is -0.343 e. The summed E-state index contributed by atoms with van der Waals surface area (Å²) in [5.74, 6) is -0.434. The third kappa shape index (κ3) is 5.21. The molecule has 38 heavy (non-hydrogen) atoms. The lowest BCUT2D eigenvalue weighted by Crippen LogP contribution is -2.53. The van der Waals surface area contributed by atoms with E-state index in [1.807, 2.05) is 68.4 Å². The van der Waals surface area contributed by atoms with Crippen LogP contribution in [0.4, 0.5) is 5.69 Å². The lowest BCUT2D eigenvalue weighted by molar-refractivity contribution is -0.129. The van der Waals surface area contributed by atoms with E-state index < -0.39 is 12.1 Å². The highest BCUT2D eigenvalue weighted by molar-refractivity contribution is 6.01. The summed E-state index contributed by atoms with van der Waals surface area (Å²) in [7, 11) is 0. The molecule has 0 aliphatic carbocycles. The normalized spacial score (nSPS) is 16.2. The molecule has 0 saturated heterocycles. The Labute approximate surface area is 222 Å². The summed E-state index contributed by atoms with van der Waals surface area (Å²) < 4.78 is 0. The van der Waals surface area contributed by atoms with Crippen LogP contribution in [-0.2, 0) is 22.6 Å². The number of aromatic amines is 1. The molecule has 3 aromatic carbocycles. The molecular weight excluding hydrogens is 476 g/mol. The number of carbonyl (C=O) groups is 2. The molecule has 0 bridgehead atoms. The second-order valence-electron chi connectivity index (χ2n) is 10.0. The Kier molecular flexibility index (Phi) is 7.33. The molecule has 1 aromatic heterocycles. The van der Waals surface area contributed by atoms with Crippen molar-refractivity contribution < 1.29 is 9.59 Å². The van der Waals surface area contributed by atoms with E-state index in [1.54, 1.807) is 11.1 Å². The molecule has 0 spiro atoms. The van der Waals surface area contributed by atoms with E-state index in [1.165, 1.54) is 0 Å². The van der Waals surface area contributed by atoms with Crippen LogP contribution in [-0.4, -0.2) is 39.3 Å². The molecule has 0 fully saturated rings. The minimum absolute atomic E-state index is 0.0166. The number of nitrogens with zero attached hydrogens (tertiary/aromatic N) is 3. The zero-order valence-corrected chi connectivity index (χ0v) is 21.6. The molecule has 194 valence electrons. The second-order valence-corrected chi connectivity index (χ2v) is 10.0. The third-order valence-electron chi connectivity index (χ3n) is 7.11. The fourth-order valence-corrected chi connectivity index (χ4v) is 4.85. The number of aromatic nitrogens is 3. The van der Waals surface area contributed by atoms with E-state index in [2.05, 4.69) is 38.9 Å². The molecule has 1 aliphatic rings. The maximum Gasteiger partial charge on any atom is 0.249 e. The Bertz CT molecular complexity index is 1410. The number of hydrogen-bond acceptors (Lipinski definition) is 5. The predicted molar refractivity (Wildman–Crippen MR) is 148 cm³/mol. The monoisotopic (exact) mass is 508 g/mol. The first-order valence-corrected chi connectivity index (χ1v) is 12.9. The second kappa shape index (κ2) is 11.0. The number of nitrogens with two attached hydrogens (primary N) is 1. The highest BCUT2D eigenvalue weighted by Crippen LogP contribution is 2.32. The van der Waals surface area contributed by atoms with E-state index in [-0.39, 0.29) is 17.7 Å². The van der Waals surface area contributed by atoms with Gasteiger partial charge in [-0.1, -0.05) is 80.6 Å². The fourth-order valence-electron chi connectivity index (χ4n) is 4.85. The van der Waals surface area contributed by atoms with Gasteiger partial charge in [0.15, 0.2) is 0 Å². The Balaban J connectivity index is 1.41. The van der Waals surface area contributed by atoms with E-state index in [0.29, 0.717) is 19.4 Å². The van der Waals surface area contributed by atoms with Crippen molar-refractivity contribution in [2.24, 2.45) is 11.7 Å². The maximum atomic E-state index is 13.8. The first-order valence-electron chi connectivity index (χ1n) is 12.9. The zero-order chi connectivity index (χ0) is 26.6. The number of carbonyl (C=O) groups excluding carboxylic acids is 2. The van der Waals surface area contributed by atoms with E-state index in [9.17, 15) is 9.59 Å². The largest absolute Gasteiger partial charge is 0.343 e. The van der Waals surface area contributed by atoms with Gasteiger partial charge in [-0.15, -0.1) is 0 Å². The lowest BCUT2D eigenvalue weighted by Gasteiger charge is -2.27. The van der Waals surface area contributed by atoms with Gasteiger partial charge in [-0.05, 0) is 47.1 Å². The summed E-state index contributed by atoms with van der Waals surface area (Å²) in [6, 6.07) is 22.9.